The number of esters is 1. The highest BCUT2D eigenvalue weighted by molar-refractivity contribution is 5.91. The lowest BCUT2D eigenvalue weighted by Gasteiger charge is -2.50. The van der Waals surface area contributed by atoms with Crippen molar-refractivity contribution in [2.45, 2.75) is 63.2 Å². The molecule has 0 radical (unpaired) electrons. The predicted octanol–water partition coefficient (Wildman–Crippen LogP) is 10.2. The Balaban J connectivity index is 1.29. The minimum atomic E-state index is -0.400. The van der Waals surface area contributed by atoms with Gasteiger partial charge in [-0.1, -0.05) is 142 Å². The van der Waals surface area contributed by atoms with Crippen molar-refractivity contribution in [3.05, 3.63) is 143 Å². The summed E-state index contributed by atoms with van der Waals surface area (Å²) in [6, 6.07) is 39.8. The van der Waals surface area contributed by atoms with Crippen LogP contribution in [0.1, 0.15) is 91.0 Å². The molecule has 3 aliphatic carbocycles. The number of rotatable bonds is 11. The number of carbonyl (C=O) groups excluding carboxylic acids is 1. The van der Waals surface area contributed by atoms with Crippen molar-refractivity contribution in [3.63, 3.8) is 0 Å². The van der Waals surface area contributed by atoms with Crippen molar-refractivity contribution in [2.24, 2.45) is 5.92 Å². The van der Waals surface area contributed by atoms with Gasteiger partial charge in [-0.15, -0.1) is 0 Å². The van der Waals surface area contributed by atoms with E-state index in [9.17, 15) is 4.79 Å². The monoisotopic (exact) mass is 580 g/mol. The quantitative estimate of drug-likeness (QED) is 0.0886. The second kappa shape index (κ2) is 12.7. The first-order valence-electron chi connectivity index (χ1n) is 16.3. The van der Waals surface area contributed by atoms with Crippen LogP contribution in [0, 0.1) is 5.92 Å². The molecule has 2 atom stereocenters. The van der Waals surface area contributed by atoms with Gasteiger partial charge in [0.2, 0.25) is 0 Å². The number of unbranched alkanes of at least 4 members (excludes halogenated alkanes) is 5. The Bertz CT molecular complexity index is 1720. The Kier molecular flexibility index (Phi) is 8.20. The molecule has 0 heterocycles. The second-order valence-corrected chi connectivity index (χ2v) is 12.3. The van der Waals surface area contributed by atoms with Crippen LogP contribution >= 0.6 is 0 Å². The summed E-state index contributed by atoms with van der Waals surface area (Å²) in [6.45, 7) is 2.93. The zero-order valence-electron chi connectivity index (χ0n) is 25.5. The van der Waals surface area contributed by atoms with Gasteiger partial charge in [0.05, 0.1) is 12.5 Å². The Morgan fingerprint density at radius 1 is 0.568 bits per heavy atom. The van der Waals surface area contributed by atoms with Gasteiger partial charge in [-0.2, -0.15) is 0 Å². The summed E-state index contributed by atoms with van der Waals surface area (Å²) >= 11 is 0. The smallest absolute Gasteiger partial charge is 0.315 e. The van der Waals surface area contributed by atoms with Gasteiger partial charge in [0.1, 0.15) is 11.5 Å². The van der Waals surface area contributed by atoms with E-state index in [-0.39, 0.29) is 23.7 Å². The molecule has 44 heavy (non-hydrogen) atoms. The van der Waals surface area contributed by atoms with Gasteiger partial charge in [0.25, 0.3) is 0 Å². The van der Waals surface area contributed by atoms with Crippen LogP contribution in [-0.4, -0.2) is 12.6 Å². The summed E-state index contributed by atoms with van der Waals surface area (Å²) in [5, 5.41) is 2.01. The molecule has 0 amide bonds. The number of para-hydroxylation sites is 1. The highest BCUT2D eigenvalue weighted by Gasteiger charge is 2.54. The predicted molar refractivity (Wildman–Crippen MR) is 178 cm³/mol. The molecule has 0 saturated carbocycles. The van der Waals surface area contributed by atoms with Crippen LogP contribution in [0.2, 0.25) is 0 Å². The second-order valence-electron chi connectivity index (χ2n) is 12.3. The first-order valence-corrected chi connectivity index (χ1v) is 16.3. The van der Waals surface area contributed by atoms with Crippen molar-refractivity contribution >= 4 is 16.7 Å². The van der Waals surface area contributed by atoms with Crippen molar-refractivity contribution in [3.8, 4) is 11.5 Å². The third-order valence-corrected chi connectivity index (χ3v) is 9.70. The van der Waals surface area contributed by atoms with Gasteiger partial charge in [0, 0.05) is 23.1 Å². The lowest BCUT2D eigenvalue weighted by molar-refractivity contribution is -0.141. The molecule has 2 unspecified atom stereocenters. The molecular weight excluding hydrogens is 540 g/mol. The molecule has 5 aromatic rings. The van der Waals surface area contributed by atoms with Crippen LogP contribution in [-0.2, 0) is 4.79 Å². The average molecular weight is 581 g/mol. The maximum absolute atomic E-state index is 14.6. The molecule has 0 fully saturated rings. The molecule has 8 rings (SSSR count). The molecule has 0 aromatic heterocycles. The van der Waals surface area contributed by atoms with Gasteiger partial charge in [-0.25, -0.2) is 0 Å². The van der Waals surface area contributed by atoms with Crippen LogP contribution in [0.25, 0.3) is 10.8 Å². The molecule has 0 N–H and O–H groups in total. The normalized spacial score (nSPS) is 19.8. The number of ether oxygens (including phenoxy) is 2. The van der Waals surface area contributed by atoms with Crippen molar-refractivity contribution in [1.29, 1.82) is 0 Å². The van der Waals surface area contributed by atoms with Crippen molar-refractivity contribution < 1.29 is 14.3 Å². The molecule has 5 aromatic carbocycles. The fourth-order valence-corrected chi connectivity index (χ4v) is 7.75. The molecule has 3 aliphatic rings. The Hall–Kier alpha value is -4.37. The van der Waals surface area contributed by atoms with E-state index < -0.39 is 5.92 Å². The Morgan fingerprint density at radius 2 is 1.11 bits per heavy atom. The van der Waals surface area contributed by atoms with Crippen LogP contribution in [0.3, 0.4) is 0 Å². The van der Waals surface area contributed by atoms with E-state index in [2.05, 4.69) is 85.8 Å². The van der Waals surface area contributed by atoms with E-state index in [1.165, 1.54) is 54.4 Å². The number of hydrogen-bond donors (Lipinski definition) is 0. The summed E-state index contributed by atoms with van der Waals surface area (Å²) in [5.74, 6) is 0.716. The molecule has 3 heteroatoms. The lowest BCUT2D eigenvalue weighted by Crippen LogP contribution is -2.44. The van der Waals surface area contributed by atoms with Crippen LogP contribution in [0.5, 0.6) is 11.5 Å². The zero-order valence-corrected chi connectivity index (χ0v) is 25.5. The van der Waals surface area contributed by atoms with Gasteiger partial charge in [0.15, 0.2) is 0 Å². The summed E-state index contributed by atoms with van der Waals surface area (Å²) < 4.78 is 12.9. The van der Waals surface area contributed by atoms with Gasteiger partial charge >= 0.3 is 5.97 Å². The average Bonchev–Trinajstić information content (AvgIpc) is 3.08. The minimum Gasteiger partial charge on any atom is -0.493 e. The Labute approximate surface area is 260 Å². The standard InChI is InChI=1S/C41H40O3/c1-2-3-4-5-6-15-27-43-35-25-14-13-24-34(35)39-37-30-20-9-11-22-32(30)38(33-23-12-10-21-31(33)37)40(39)41(42)44-36-26-16-18-28-17-7-8-19-29(28)36/h7-14,16-26,37-40H,2-6,15,27H2,1H3. The molecule has 2 bridgehead atoms. The summed E-state index contributed by atoms with van der Waals surface area (Å²) in [4.78, 5) is 14.6. The first-order chi connectivity index (χ1) is 21.8. The third-order valence-electron chi connectivity index (χ3n) is 9.70. The van der Waals surface area contributed by atoms with E-state index in [4.69, 9.17) is 9.47 Å². The summed E-state index contributed by atoms with van der Waals surface area (Å²) in [5.41, 5.74) is 6.18. The number of benzene rings is 5. The number of carbonyl (C=O) groups is 1. The number of hydrogen-bond acceptors (Lipinski definition) is 3. The highest BCUT2D eigenvalue weighted by atomic mass is 16.5. The van der Waals surface area contributed by atoms with Crippen LogP contribution in [0.4, 0.5) is 0 Å². The summed E-state index contributed by atoms with van der Waals surface area (Å²) in [6.07, 6.45) is 7.30. The molecule has 0 aliphatic heterocycles. The van der Waals surface area contributed by atoms with Crippen LogP contribution < -0.4 is 9.47 Å². The molecule has 3 nitrogen and oxygen atoms in total. The third kappa shape index (κ3) is 5.19. The van der Waals surface area contributed by atoms with E-state index >= 15 is 0 Å². The molecule has 0 spiro atoms. The fourth-order valence-electron chi connectivity index (χ4n) is 7.75. The maximum atomic E-state index is 14.6. The van der Waals surface area contributed by atoms with E-state index in [1.54, 1.807) is 0 Å². The largest absolute Gasteiger partial charge is 0.493 e. The van der Waals surface area contributed by atoms with E-state index in [0.29, 0.717) is 12.4 Å². The van der Waals surface area contributed by atoms with Gasteiger partial charge in [-0.3, -0.25) is 4.79 Å². The lowest BCUT2D eigenvalue weighted by atomic mass is 9.53. The number of fused-ring (bicyclic) bond motifs is 2. The maximum Gasteiger partial charge on any atom is 0.315 e. The van der Waals surface area contributed by atoms with Crippen molar-refractivity contribution in [2.75, 3.05) is 6.61 Å². The van der Waals surface area contributed by atoms with Gasteiger partial charge in [-0.05, 0) is 51.8 Å². The van der Waals surface area contributed by atoms with Gasteiger partial charge < -0.3 is 9.47 Å². The molecule has 222 valence electrons. The molecular formula is C41H40O3. The highest BCUT2D eigenvalue weighted by Crippen LogP contribution is 2.62. The Morgan fingerprint density at radius 3 is 1.84 bits per heavy atom. The van der Waals surface area contributed by atoms with Crippen LogP contribution in [0.15, 0.2) is 115 Å². The topological polar surface area (TPSA) is 35.5 Å². The van der Waals surface area contributed by atoms with Crippen molar-refractivity contribution in [1.82, 2.24) is 0 Å². The first kappa shape index (κ1) is 28.4. The van der Waals surface area contributed by atoms with E-state index in [0.717, 1.165) is 28.5 Å². The SMILES string of the molecule is CCCCCCCCOc1ccccc1C1C2c3ccccc3C(c3ccccc32)C1C(=O)Oc1cccc2ccccc12. The van der Waals surface area contributed by atoms with E-state index in [1.807, 2.05) is 36.4 Å². The molecule has 0 saturated heterocycles. The summed E-state index contributed by atoms with van der Waals surface area (Å²) in [7, 11) is 0. The fraction of sp³-hybridized carbons (Fsp3) is 0.293. The zero-order chi connectivity index (χ0) is 29.9. The minimum absolute atomic E-state index is 0.0243.